The molecule has 4 aromatic rings. The van der Waals surface area contributed by atoms with Crippen LogP contribution in [-0.4, -0.2) is 30.3 Å². The van der Waals surface area contributed by atoms with E-state index in [2.05, 4.69) is 29.9 Å². The summed E-state index contributed by atoms with van der Waals surface area (Å²) in [5.74, 6) is 0. The van der Waals surface area contributed by atoms with Crippen molar-refractivity contribution in [2.24, 2.45) is 0 Å². The van der Waals surface area contributed by atoms with Gasteiger partial charge >= 0.3 is 0 Å². The lowest BCUT2D eigenvalue weighted by Crippen LogP contribution is -2.29. The maximum atomic E-state index is 12.7. The second-order valence-corrected chi connectivity index (χ2v) is 7.20. The Labute approximate surface area is 156 Å². The molecule has 0 saturated heterocycles. The molecule has 0 spiro atoms. The molecule has 0 unspecified atom stereocenters. The van der Waals surface area contributed by atoms with Crippen LogP contribution < -0.4 is 5.56 Å². The van der Waals surface area contributed by atoms with Crippen LogP contribution >= 0.6 is 0 Å². The molecule has 0 bridgehead atoms. The number of hydrogen-bond acceptors (Lipinski definition) is 4. The van der Waals surface area contributed by atoms with E-state index in [4.69, 9.17) is 0 Å². The average molecular weight is 362 g/mol. The molecular formula is C21H22N4O2. The van der Waals surface area contributed by atoms with Crippen LogP contribution in [0.2, 0.25) is 0 Å². The van der Waals surface area contributed by atoms with Gasteiger partial charge in [0.25, 0.3) is 5.56 Å². The van der Waals surface area contributed by atoms with Gasteiger partial charge in [-0.1, -0.05) is 11.6 Å². The van der Waals surface area contributed by atoms with Crippen molar-refractivity contribution in [1.29, 1.82) is 0 Å². The Balaban J connectivity index is 1.61. The molecule has 2 aromatic heterocycles. The van der Waals surface area contributed by atoms with Gasteiger partial charge in [-0.25, -0.2) is 9.97 Å². The lowest BCUT2D eigenvalue weighted by Gasteiger charge is -2.14. The van der Waals surface area contributed by atoms with Crippen LogP contribution in [0.3, 0.4) is 0 Å². The van der Waals surface area contributed by atoms with E-state index in [-0.39, 0.29) is 12.1 Å². The molecule has 2 heterocycles. The van der Waals surface area contributed by atoms with Crippen molar-refractivity contribution in [1.82, 2.24) is 19.1 Å². The van der Waals surface area contributed by atoms with Gasteiger partial charge in [0.1, 0.15) is 0 Å². The van der Waals surface area contributed by atoms with E-state index in [1.165, 1.54) is 22.0 Å². The maximum Gasteiger partial charge on any atom is 0.261 e. The second-order valence-electron chi connectivity index (χ2n) is 7.20. The zero-order chi connectivity index (χ0) is 19.1. The fourth-order valence-electron chi connectivity index (χ4n) is 3.37. The fourth-order valence-corrected chi connectivity index (χ4v) is 3.37. The number of rotatable bonds is 4. The molecular weight excluding hydrogens is 340 g/mol. The van der Waals surface area contributed by atoms with Crippen LogP contribution in [0.1, 0.15) is 16.7 Å². The Morgan fingerprint density at radius 3 is 2.41 bits per heavy atom. The van der Waals surface area contributed by atoms with Gasteiger partial charge in [-0.2, -0.15) is 0 Å². The number of hydrogen-bond donors (Lipinski definition) is 1. The van der Waals surface area contributed by atoms with Gasteiger partial charge in [0.15, 0.2) is 0 Å². The molecule has 0 aliphatic rings. The van der Waals surface area contributed by atoms with Crippen molar-refractivity contribution >= 4 is 21.9 Å². The Hall–Kier alpha value is -2.99. The molecule has 0 radical (unpaired) electrons. The number of aromatic nitrogens is 4. The zero-order valence-corrected chi connectivity index (χ0v) is 15.7. The standard InChI is InChI=1S/C21H22N4O2/c1-13-4-5-18-17(6-13)21(27)25(12-22-18)10-16(26)9-24-11-23-19-7-14(2)15(3)8-20(19)24/h4-8,11-12,16,26H,9-10H2,1-3H3/t16-/m1/s1. The molecule has 0 aliphatic carbocycles. The summed E-state index contributed by atoms with van der Waals surface area (Å²) in [7, 11) is 0. The number of nitrogens with zero attached hydrogens (tertiary/aromatic N) is 4. The number of benzene rings is 2. The van der Waals surface area contributed by atoms with E-state index in [0.717, 1.165) is 16.6 Å². The molecule has 1 N–H and O–H groups in total. The minimum Gasteiger partial charge on any atom is -0.389 e. The number of imidazole rings is 1. The third kappa shape index (κ3) is 3.24. The lowest BCUT2D eigenvalue weighted by molar-refractivity contribution is 0.134. The molecule has 138 valence electrons. The Kier molecular flexibility index (Phi) is 4.28. The molecule has 6 heteroatoms. The van der Waals surface area contributed by atoms with Gasteiger partial charge in [0.2, 0.25) is 0 Å². The van der Waals surface area contributed by atoms with Crippen molar-refractivity contribution in [3.8, 4) is 0 Å². The van der Waals surface area contributed by atoms with Gasteiger partial charge in [0.05, 0.1) is 53.8 Å². The van der Waals surface area contributed by atoms with Gasteiger partial charge in [-0.3, -0.25) is 9.36 Å². The molecule has 0 saturated carbocycles. The Morgan fingerprint density at radius 2 is 1.59 bits per heavy atom. The molecule has 0 amide bonds. The third-order valence-electron chi connectivity index (χ3n) is 5.03. The van der Waals surface area contributed by atoms with E-state index >= 15 is 0 Å². The molecule has 1 atom stereocenters. The quantitative estimate of drug-likeness (QED) is 0.606. The van der Waals surface area contributed by atoms with Crippen LogP contribution in [0.4, 0.5) is 0 Å². The van der Waals surface area contributed by atoms with Gasteiger partial charge < -0.3 is 9.67 Å². The first kappa shape index (κ1) is 17.4. The van der Waals surface area contributed by atoms with Crippen molar-refractivity contribution in [2.45, 2.75) is 40.0 Å². The van der Waals surface area contributed by atoms with Gasteiger partial charge in [-0.05, 0) is 56.2 Å². The van der Waals surface area contributed by atoms with Crippen LogP contribution in [0.25, 0.3) is 21.9 Å². The first-order chi connectivity index (χ1) is 12.9. The molecule has 27 heavy (non-hydrogen) atoms. The Morgan fingerprint density at radius 1 is 0.926 bits per heavy atom. The van der Waals surface area contributed by atoms with Crippen molar-refractivity contribution in [3.63, 3.8) is 0 Å². The van der Waals surface area contributed by atoms with Crippen LogP contribution in [0, 0.1) is 20.8 Å². The van der Waals surface area contributed by atoms with Crippen LogP contribution in [-0.2, 0) is 13.1 Å². The first-order valence-corrected chi connectivity index (χ1v) is 8.98. The minimum atomic E-state index is -0.731. The van der Waals surface area contributed by atoms with Gasteiger partial charge in [0, 0.05) is 0 Å². The topological polar surface area (TPSA) is 72.9 Å². The number of aliphatic hydroxyl groups excluding tert-OH is 1. The van der Waals surface area contributed by atoms with E-state index in [1.807, 2.05) is 35.8 Å². The number of fused-ring (bicyclic) bond motifs is 2. The average Bonchev–Trinajstić information content (AvgIpc) is 3.00. The summed E-state index contributed by atoms with van der Waals surface area (Å²) < 4.78 is 3.40. The van der Waals surface area contributed by atoms with E-state index < -0.39 is 6.10 Å². The van der Waals surface area contributed by atoms with E-state index in [9.17, 15) is 9.90 Å². The number of aryl methyl sites for hydroxylation is 3. The lowest BCUT2D eigenvalue weighted by atomic mass is 10.1. The van der Waals surface area contributed by atoms with E-state index in [0.29, 0.717) is 17.4 Å². The summed E-state index contributed by atoms with van der Waals surface area (Å²) in [4.78, 5) is 21.5. The predicted octanol–water partition coefficient (Wildman–Crippen LogP) is 2.73. The third-order valence-corrected chi connectivity index (χ3v) is 5.03. The number of aliphatic hydroxyl groups is 1. The van der Waals surface area contributed by atoms with Crippen molar-refractivity contribution < 1.29 is 5.11 Å². The summed E-state index contributed by atoms with van der Waals surface area (Å²) in [6.07, 6.45) is 2.51. The summed E-state index contributed by atoms with van der Waals surface area (Å²) in [5, 5.41) is 11.1. The molecule has 6 nitrogen and oxygen atoms in total. The zero-order valence-electron chi connectivity index (χ0n) is 15.7. The SMILES string of the molecule is Cc1ccc2ncn(C[C@H](O)Cn3cnc4cc(C)c(C)cc43)c(=O)c2c1. The molecule has 0 aliphatic heterocycles. The smallest absolute Gasteiger partial charge is 0.261 e. The second kappa shape index (κ2) is 6.63. The molecule has 4 rings (SSSR count). The molecule has 0 fully saturated rings. The highest BCUT2D eigenvalue weighted by molar-refractivity contribution is 5.78. The van der Waals surface area contributed by atoms with Gasteiger partial charge in [-0.15, -0.1) is 0 Å². The molecule has 2 aromatic carbocycles. The first-order valence-electron chi connectivity index (χ1n) is 8.98. The Bertz CT molecular complexity index is 1210. The van der Waals surface area contributed by atoms with Crippen LogP contribution in [0.15, 0.2) is 47.8 Å². The highest BCUT2D eigenvalue weighted by atomic mass is 16.3. The van der Waals surface area contributed by atoms with Crippen molar-refractivity contribution in [2.75, 3.05) is 0 Å². The largest absolute Gasteiger partial charge is 0.389 e. The monoisotopic (exact) mass is 362 g/mol. The van der Waals surface area contributed by atoms with E-state index in [1.54, 1.807) is 6.33 Å². The summed E-state index contributed by atoms with van der Waals surface area (Å²) >= 11 is 0. The van der Waals surface area contributed by atoms with Crippen molar-refractivity contribution in [3.05, 3.63) is 70.0 Å². The predicted molar refractivity (Wildman–Crippen MR) is 106 cm³/mol. The summed E-state index contributed by atoms with van der Waals surface area (Å²) in [6.45, 7) is 6.60. The van der Waals surface area contributed by atoms with Crippen LogP contribution in [0.5, 0.6) is 0 Å². The summed E-state index contributed by atoms with van der Waals surface area (Å²) in [5.41, 5.74) is 5.81. The fraction of sp³-hybridized carbons (Fsp3) is 0.286. The highest BCUT2D eigenvalue weighted by Crippen LogP contribution is 2.19. The maximum absolute atomic E-state index is 12.7. The minimum absolute atomic E-state index is 0.135. The summed E-state index contributed by atoms with van der Waals surface area (Å²) in [6, 6.07) is 9.74. The normalized spacial score (nSPS) is 12.7. The highest BCUT2D eigenvalue weighted by Gasteiger charge is 2.13.